The van der Waals surface area contributed by atoms with E-state index in [9.17, 15) is 0 Å². The van der Waals surface area contributed by atoms with Gasteiger partial charge < -0.3 is 5.32 Å². The van der Waals surface area contributed by atoms with E-state index in [-0.39, 0.29) is 0 Å². The summed E-state index contributed by atoms with van der Waals surface area (Å²) < 4.78 is 0. The monoisotopic (exact) mass is 226 g/mol. The molecule has 1 aliphatic carbocycles. The fourth-order valence-corrected chi connectivity index (χ4v) is 2.39. The number of likely N-dealkylation sites (N-methyl/N-ethyl adjacent to an activating group) is 1. The summed E-state index contributed by atoms with van der Waals surface area (Å²) in [5.74, 6) is 1.76. The highest BCUT2D eigenvalue weighted by atomic mass is 15.2. The molecule has 1 saturated carbocycles. The Hall–Kier alpha value is -0.0800. The molecule has 0 heterocycles. The van der Waals surface area contributed by atoms with Gasteiger partial charge in [-0.2, -0.15) is 0 Å². The van der Waals surface area contributed by atoms with Crippen molar-refractivity contribution in [1.82, 2.24) is 10.2 Å². The van der Waals surface area contributed by atoms with Crippen LogP contribution in [-0.2, 0) is 0 Å². The summed E-state index contributed by atoms with van der Waals surface area (Å²) in [4.78, 5) is 2.73. The standard InChI is InChI=1S/C14H30N2/c1-5-9-16(11-13-7-8-13)14(12(3)4)10-15-6-2/h12-15H,5-11H2,1-4H3. The molecule has 0 spiro atoms. The number of nitrogens with zero attached hydrogens (tertiary/aromatic N) is 1. The third-order valence-corrected chi connectivity index (χ3v) is 3.54. The van der Waals surface area contributed by atoms with E-state index in [0.717, 1.165) is 31.0 Å². The minimum absolute atomic E-state index is 0.723. The van der Waals surface area contributed by atoms with Gasteiger partial charge >= 0.3 is 0 Å². The van der Waals surface area contributed by atoms with Crippen LogP contribution in [0.4, 0.5) is 0 Å². The van der Waals surface area contributed by atoms with Crippen molar-refractivity contribution in [1.29, 1.82) is 0 Å². The zero-order chi connectivity index (χ0) is 12.0. The molecule has 0 aromatic rings. The van der Waals surface area contributed by atoms with Crippen LogP contribution in [0.25, 0.3) is 0 Å². The molecule has 16 heavy (non-hydrogen) atoms. The lowest BCUT2D eigenvalue weighted by molar-refractivity contribution is 0.145. The lowest BCUT2D eigenvalue weighted by Crippen LogP contribution is -2.46. The highest BCUT2D eigenvalue weighted by Gasteiger charge is 2.28. The predicted octanol–water partition coefficient (Wildman–Crippen LogP) is 2.74. The van der Waals surface area contributed by atoms with E-state index in [0.29, 0.717) is 0 Å². The van der Waals surface area contributed by atoms with Gasteiger partial charge in [-0.3, -0.25) is 4.90 Å². The molecule has 0 bridgehead atoms. The number of hydrogen-bond acceptors (Lipinski definition) is 2. The Balaban J connectivity index is 2.46. The Kier molecular flexibility index (Phi) is 6.37. The average molecular weight is 226 g/mol. The summed E-state index contributed by atoms with van der Waals surface area (Å²) in [6, 6.07) is 0.723. The maximum absolute atomic E-state index is 3.52. The molecule has 0 aliphatic heterocycles. The molecule has 2 heteroatoms. The molecule has 1 N–H and O–H groups in total. The van der Waals surface area contributed by atoms with Crippen LogP contribution >= 0.6 is 0 Å². The van der Waals surface area contributed by atoms with Gasteiger partial charge in [0.2, 0.25) is 0 Å². The summed E-state index contributed by atoms with van der Waals surface area (Å²) in [5, 5.41) is 3.52. The van der Waals surface area contributed by atoms with E-state index in [2.05, 4.69) is 37.9 Å². The van der Waals surface area contributed by atoms with Crippen molar-refractivity contribution < 1.29 is 0 Å². The van der Waals surface area contributed by atoms with Crippen molar-refractivity contribution >= 4 is 0 Å². The molecule has 1 atom stereocenters. The third-order valence-electron chi connectivity index (χ3n) is 3.54. The average Bonchev–Trinajstić information content (AvgIpc) is 3.02. The SMILES string of the molecule is CCCN(CC1CC1)C(CNCC)C(C)C. The van der Waals surface area contributed by atoms with E-state index in [1.165, 1.54) is 32.4 Å². The fraction of sp³-hybridized carbons (Fsp3) is 1.00. The van der Waals surface area contributed by atoms with Gasteiger partial charge in [-0.15, -0.1) is 0 Å². The predicted molar refractivity (Wildman–Crippen MR) is 71.8 cm³/mol. The van der Waals surface area contributed by atoms with Crippen molar-refractivity contribution in [3.63, 3.8) is 0 Å². The molecule has 1 unspecified atom stereocenters. The van der Waals surface area contributed by atoms with Gasteiger partial charge in [0.15, 0.2) is 0 Å². The molecular formula is C14H30N2. The smallest absolute Gasteiger partial charge is 0.0243 e. The first-order valence-electron chi connectivity index (χ1n) is 7.13. The molecular weight excluding hydrogens is 196 g/mol. The highest BCUT2D eigenvalue weighted by Crippen LogP contribution is 2.31. The van der Waals surface area contributed by atoms with Gasteiger partial charge in [-0.1, -0.05) is 27.7 Å². The van der Waals surface area contributed by atoms with Crippen molar-refractivity contribution in [3.05, 3.63) is 0 Å². The zero-order valence-electron chi connectivity index (χ0n) is 11.6. The summed E-state index contributed by atoms with van der Waals surface area (Å²) in [5.41, 5.74) is 0. The van der Waals surface area contributed by atoms with E-state index in [4.69, 9.17) is 0 Å². The number of rotatable bonds is 9. The second-order valence-corrected chi connectivity index (χ2v) is 5.56. The fourth-order valence-electron chi connectivity index (χ4n) is 2.39. The number of nitrogens with one attached hydrogen (secondary N) is 1. The van der Waals surface area contributed by atoms with Crippen LogP contribution in [0.3, 0.4) is 0 Å². The van der Waals surface area contributed by atoms with Gasteiger partial charge in [0.1, 0.15) is 0 Å². The first-order chi connectivity index (χ1) is 7.69. The minimum atomic E-state index is 0.723. The molecule has 0 amide bonds. The summed E-state index contributed by atoms with van der Waals surface area (Å²) in [6.07, 6.45) is 4.21. The van der Waals surface area contributed by atoms with Gasteiger partial charge in [-0.05, 0) is 44.2 Å². The zero-order valence-corrected chi connectivity index (χ0v) is 11.6. The lowest BCUT2D eigenvalue weighted by Gasteiger charge is -2.34. The van der Waals surface area contributed by atoms with Crippen LogP contribution in [0.5, 0.6) is 0 Å². The first-order valence-corrected chi connectivity index (χ1v) is 7.13. The molecule has 0 radical (unpaired) electrons. The molecule has 0 aromatic heterocycles. The van der Waals surface area contributed by atoms with E-state index in [1.807, 2.05) is 0 Å². The molecule has 0 aromatic carbocycles. The molecule has 1 aliphatic rings. The normalized spacial score (nSPS) is 18.4. The summed E-state index contributed by atoms with van der Waals surface area (Å²) in [6.45, 7) is 14.1. The van der Waals surface area contributed by atoms with Crippen molar-refractivity contribution in [2.75, 3.05) is 26.2 Å². The number of hydrogen-bond donors (Lipinski definition) is 1. The van der Waals surface area contributed by atoms with Crippen LogP contribution in [-0.4, -0.2) is 37.1 Å². The van der Waals surface area contributed by atoms with E-state index in [1.54, 1.807) is 0 Å². The second-order valence-electron chi connectivity index (χ2n) is 5.56. The Morgan fingerprint density at radius 3 is 2.38 bits per heavy atom. The first kappa shape index (κ1) is 14.0. The van der Waals surface area contributed by atoms with Gasteiger partial charge in [0.25, 0.3) is 0 Å². The van der Waals surface area contributed by atoms with Crippen LogP contribution in [0.2, 0.25) is 0 Å². The van der Waals surface area contributed by atoms with Crippen LogP contribution < -0.4 is 5.32 Å². The highest BCUT2D eigenvalue weighted by molar-refractivity contribution is 4.83. The van der Waals surface area contributed by atoms with Crippen LogP contribution in [0, 0.1) is 11.8 Å². The van der Waals surface area contributed by atoms with Crippen molar-refractivity contribution in [3.8, 4) is 0 Å². The third kappa shape index (κ3) is 4.84. The summed E-state index contributed by atoms with van der Waals surface area (Å²) in [7, 11) is 0. The van der Waals surface area contributed by atoms with Crippen LogP contribution in [0.15, 0.2) is 0 Å². The lowest BCUT2D eigenvalue weighted by atomic mass is 10.0. The topological polar surface area (TPSA) is 15.3 Å². The van der Waals surface area contributed by atoms with Crippen molar-refractivity contribution in [2.45, 2.75) is 53.0 Å². The largest absolute Gasteiger partial charge is 0.315 e. The van der Waals surface area contributed by atoms with Crippen molar-refractivity contribution in [2.24, 2.45) is 11.8 Å². The van der Waals surface area contributed by atoms with Gasteiger partial charge in [0.05, 0.1) is 0 Å². The van der Waals surface area contributed by atoms with E-state index < -0.39 is 0 Å². The van der Waals surface area contributed by atoms with Gasteiger partial charge in [0, 0.05) is 19.1 Å². The molecule has 0 saturated heterocycles. The van der Waals surface area contributed by atoms with E-state index >= 15 is 0 Å². The summed E-state index contributed by atoms with van der Waals surface area (Å²) >= 11 is 0. The Bertz CT molecular complexity index is 176. The van der Waals surface area contributed by atoms with Gasteiger partial charge in [-0.25, -0.2) is 0 Å². The molecule has 2 nitrogen and oxygen atoms in total. The Labute approximate surface area is 102 Å². The Morgan fingerprint density at radius 2 is 1.94 bits per heavy atom. The quantitative estimate of drug-likeness (QED) is 0.650. The Morgan fingerprint density at radius 1 is 1.25 bits per heavy atom. The molecule has 96 valence electrons. The van der Waals surface area contributed by atoms with Crippen LogP contribution in [0.1, 0.15) is 47.0 Å². The maximum atomic E-state index is 3.52. The minimum Gasteiger partial charge on any atom is -0.315 e. The molecule has 1 rings (SSSR count). The second kappa shape index (κ2) is 7.29. The molecule has 1 fully saturated rings. The maximum Gasteiger partial charge on any atom is 0.0243 e.